The van der Waals surface area contributed by atoms with Gasteiger partial charge < -0.3 is 0 Å². The average molecular weight is 355 g/mol. The predicted molar refractivity (Wildman–Crippen MR) is 96.3 cm³/mol. The monoisotopic (exact) mass is 355 g/mol. The molecule has 0 atom stereocenters. The molecule has 136 valence electrons. The number of hydrogen-bond acceptors (Lipinski definition) is 3. The summed E-state index contributed by atoms with van der Waals surface area (Å²) in [6.45, 7) is 2.23. The largest absolute Gasteiger partial charge is 0.236 e. The molecule has 1 saturated carbocycles. The van der Waals surface area contributed by atoms with Gasteiger partial charge in [0.15, 0.2) is 5.82 Å². The molecule has 0 bridgehead atoms. The van der Waals surface area contributed by atoms with Crippen molar-refractivity contribution in [3.8, 4) is 17.5 Å². The van der Waals surface area contributed by atoms with Crippen molar-refractivity contribution in [1.29, 1.82) is 5.26 Å². The van der Waals surface area contributed by atoms with E-state index in [0.29, 0.717) is 5.92 Å². The van der Waals surface area contributed by atoms with Crippen LogP contribution in [0, 0.1) is 28.9 Å². The Kier molecular flexibility index (Phi) is 5.92. The number of halogens is 2. The smallest absolute Gasteiger partial charge is 0.159 e. The van der Waals surface area contributed by atoms with Crippen LogP contribution in [0.1, 0.15) is 68.9 Å². The van der Waals surface area contributed by atoms with Gasteiger partial charge in [0.05, 0.1) is 0 Å². The van der Waals surface area contributed by atoms with E-state index in [9.17, 15) is 8.78 Å². The second-order valence-electron chi connectivity index (χ2n) is 7.13. The highest BCUT2D eigenvalue weighted by Gasteiger charge is 2.22. The van der Waals surface area contributed by atoms with Gasteiger partial charge in [0.1, 0.15) is 23.3 Å². The van der Waals surface area contributed by atoms with Crippen LogP contribution in [0.3, 0.4) is 0 Å². The van der Waals surface area contributed by atoms with Crippen LogP contribution in [0.25, 0.3) is 11.4 Å². The summed E-state index contributed by atoms with van der Waals surface area (Å²) < 4.78 is 27.5. The maximum absolute atomic E-state index is 13.8. The lowest BCUT2D eigenvalue weighted by molar-refractivity contribution is 0.304. The van der Waals surface area contributed by atoms with Crippen molar-refractivity contribution in [1.82, 2.24) is 9.97 Å². The third kappa shape index (κ3) is 4.07. The summed E-state index contributed by atoms with van der Waals surface area (Å²) >= 11 is 0. The summed E-state index contributed by atoms with van der Waals surface area (Å²) in [5.41, 5.74) is 0.760. The van der Waals surface area contributed by atoms with Gasteiger partial charge in [-0.1, -0.05) is 26.2 Å². The minimum absolute atomic E-state index is 0.244. The number of benzene rings is 1. The van der Waals surface area contributed by atoms with Crippen LogP contribution in [0.4, 0.5) is 8.78 Å². The second kappa shape index (κ2) is 8.35. The van der Waals surface area contributed by atoms with Gasteiger partial charge in [-0.15, -0.1) is 0 Å². The van der Waals surface area contributed by atoms with E-state index in [2.05, 4.69) is 16.9 Å². The number of aromatic nitrogens is 2. The first-order valence-corrected chi connectivity index (χ1v) is 9.33. The Morgan fingerprint density at radius 3 is 2.23 bits per heavy atom. The highest BCUT2D eigenvalue weighted by Crippen LogP contribution is 2.37. The first kappa shape index (κ1) is 18.4. The molecule has 3 rings (SSSR count). The summed E-state index contributed by atoms with van der Waals surface area (Å²) in [4.78, 5) is 8.61. The molecule has 1 aliphatic rings. The normalized spacial score (nSPS) is 19.9. The quantitative estimate of drug-likeness (QED) is 0.685. The molecule has 0 spiro atoms. The number of hydrogen-bond donors (Lipinski definition) is 0. The van der Waals surface area contributed by atoms with Gasteiger partial charge in [0.25, 0.3) is 0 Å². The van der Waals surface area contributed by atoms with Crippen LogP contribution in [-0.4, -0.2) is 9.97 Å². The van der Waals surface area contributed by atoms with Gasteiger partial charge >= 0.3 is 0 Å². The lowest BCUT2D eigenvalue weighted by Crippen LogP contribution is -2.13. The van der Waals surface area contributed by atoms with Gasteiger partial charge in [-0.25, -0.2) is 18.7 Å². The molecule has 1 aliphatic carbocycles. The molecule has 0 unspecified atom stereocenters. The van der Waals surface area contributed by atoms with Gasteiger partial charge in [0, 0.05) is 18.0 Å². The standard InChI is InChI=1S/C21H23F2N3/c1-2-3-4-14-5-7-15(8-6-14)17-12-25-21(26-13-17)16-9-19(22)18(11-24)20(23)10-16/h9-10,12-15H,2-8H2,1H3/t14-,15-. The molecule has 1 heterocycles. The van der Waals surface area contributed by atoms with Crippen molar-refractivity contribution >= 4 is 0 Å². The van der Waals surface area contributed by atoms with Crippen molar-refractivity contribution in [2.24, 2.45) is 5.92 Å². The second-order valence-corrected chi connectivity index (χ2v) is 7.13. The summed E-state index contributed by atoms with van der Waals surface area (Å²) in [6, 6.07) is 3.73. The molecule has 1 fully saturated rings. The zero-order valence-corrected chi connectivity index (χ0v) is 15.0. The molecule has 3 nitrogen and oxygen atoms in total. The van der Waals surface area contributed by atoms with Crippen LogP contribution in [0.2, 0.25) is 0 Å². The molecule has 1 aromatic carbocycles. The minimum atomic E-state index is -0.888. The molecule has 0 N–H and O–H groups in total. The molecular formula is C21H23F2N3. The highest BCUT2D eigenvalue weighted by atomic mass is 19.1. The van der Waals surface area contributed by atoms with Crippen molar-refractivity contribution in [2.45, 2.75) is 57.8 Å². The van der Waals surface area contributed by atoms with E-state index in [1.165, 1.54) is 38.2 Å². The van der Waals surface area contributed by atoms with E-state index in [0.717, 1.165) is 36.5 Å². The molecule has 26 heavy (non-hydrogen) atoms. The van der Waals surface area contributed by atoms with Crippen molar-refractivity contribution < 1.29 is 8.78 Å². The van der Waals surface area contributed by atoms with Crippen molar-refractivity contribution in [2.75, 3.05) is 0 Å². The number of unbranched alkanes of at least 4 members (excludes halogenated alkanes) is 1. The molecule has 1 aromatic heterocycles. The summed E-state index contributed by atoms with van der Waals surface area (Å²) in [5.74, 6) is -0.193. The van der Waals surface area contributed by atoms with Crippen LogP contribution < -0.4 is 0 Å². The average Bonchev–Trinajstić information content (AvgIpc) is 2.67. The lowest BCUT2D eigenvalue weighted by atomic mass is 9.78. The Bertz CT molecular complexity index is 765. The first-order chi connectivity index (χ1) is 12.6. The van der Waals surface area contributed by atoms with Crippen LogP contribution in [0.15, 0.2) is 24.5 Å². The molecule has 5 heteroatoms. The fourth-order valence-corrected chi connectivity index (χ4v) is 3.78. The Labute approximate surface area is 153 Å². The van der Waals surface area contributed by atoms with Gasteiger partial charge in [0.2, 0.25) is 0 Å². The van der Waals surface area contributed by atoms with Crippen LogP contribution in [0.5, 0.6) is 0 Å². The van der Waals surface area contributed by atoms with E-state index in [1.54, 1.807) is 12.4 Å². The Hall–Kier alpha value is -2.35. The third-order valence-electron chi connectivity index (χ3n) is 5.37. The maximum atomic E-state index is 13.8. The third-order valence-corrected chi connectivity index (χ3v) is 5.37. The summed E-state index contributed by atoms with van der Waals surface area (Å²) in [7, 11) is 0. The van der Waals surface area contributed by atoms with E-state index in [1.807, 2.05) is 0 Å². The van der Waals surface area contributed by atoms with Gasteiger partial charge in [-0.2, -0.15) is 5.26 Å². The lowest BCUT2D eigenvalue weighted by Gasteiger charge is -2.28. The number of nitrogens with zero attached hydrogens (tertiary/aromatic N) is 3. The number of rotatable bonds is 5. The van der Waals surface area contributed by atoms with E-state index in [4.69, 9.17) is 5.26 Å². The van der Waals surface area contributed by atoms with Crippen molar-refractivity contribution in [3.63, 3.8) is 0 Å². The maximum Gasteiger partial charge on any atom is 0.159 e. The molecule has 0 aliphatic heterocycles. The molecule has 0 saturated heterocycles. The van der Waals surface area contributed by atoms with Gasteiger partial charge in [-0.05, 0) is 55.2 Å². The topological polar surface area (TPSA) is 49.6 Å². The summed E-state index contributed by atoms with van der Waals surface area (Å²) in [5, 5.41) is 8.75. The Morgan fingerprint density at radius 2 is 1.69 bits per heavy atom. The first-order valence-electron chi connectivity index (χ1n) is 9.33. The molecule has 2 aromatic rings. The zero-order chi connectivity index (χ0) is 18.5. The molecule has 0 radical (unpaired) electrons. The Morgan fingerprint density at radius 1 is 1.08 bits per heavy atom. The summed E-state index contributed by atoms with van der Waals surface area (Å²) in [6.07, 6.45) is 12.2. The van der Waals surface area contributed by atoms with E-state index >= 15 is 0 Å². The molecule has 0 amide bonds. The Balaban J connectivity index is 1.69. The molecular weight excluding hydrogens is 332 g/mol. The highest BCUT2D eigenvalue weighted by molar-refractivity contribution is 5.57. The predicted octanol–water partition coefficient (Wildman–Crippen LogP) is 5.76. The fraction of sp³-hybridized carbons (Fsp3) is 0.476. The van der Waals surface area contributed by atoms with E-state index < -0.39 is 17.2 Å². The van der Waals surface area contributed by atoms with Crippen LogP contribution >= 0.6 is 0 Å². The minimum Gasteiger partial charge on any atom is -0.236 e. The van der Waals surface area contributed by atoms with Crippen molar-refractivity contribution in [3.05, 3.63) is 47.3 Å². The fourth-order valence-electron chi connectivity index (χ4n) is 3.78. The van der Waals surface area contributed by atoms with Gasteiger partial charge in [-0.3, -0.25) is 0 Å². The zero-order valence-electron chi connectivity index (χ0n) is 15.0. The SMILES string of the molecule is CCCC[C@H]1CC[C@H](c2cnc(-c3cc(F)c(C#N)c(F)c3)nc2)CC1. The van der Waals surface area contributed by atoms with Crippen LogP contribution in [-0.2, 0) is 0 Å². The van der Waals surface area contributed by atoms with E-state index in [-0.39, 0.29) is 11.4 Å². The number of nitriles is 1.